The van der Waals surface area contributed by atoms with Crippen LogP contribution in [0.15, 0.2) is 54.9 Å². The van der Waals surface area contributed by atoms with Crippen molar-refractivity contribution in [1.82, 2.24) is 25.3 Å². The normalized spacial score (nSPS) is 16.2. The Labute approximate surface area is 193 Å². The van der Waals surface area contributed by atoms with E-state index in [2.05, 4.69) is 34.7 Å². The number of pyridine rings is 1. The maximum atomic E-state index is 14.1. The Balaban J connectivity index is 1.60. The molecule has 7 nitrogen and oxygen atoms in total. The summed E-state index contributed by atoms with van der Waals surface area (Å²) >= 11 is 0. The summed E-state index contributed by atoms with van der Waals surface area (Å²) in [7, 11) is 1.84. The lowest BCUT2D eigenvalue weighted by atomic mass is 9.98. The Bertz CT molecular complexity index is 1320. The number of carbonyl (C=O) groups is 1. The number of rotatable bonds is 4. The molecular formula is C26H28N6O. The van der Waals surface area contributed by atoms with Crippen LogP contribution in [-0.4, -0.2) is 45.0 Å². The van der Waals surface area contributed by atoms with Crippen molar-refractivity contribution in [2.75, 3.05) is 18.0 Å². The van der Waals surface area contributed by atoms with Crippen LogP contribution in [0.1, 0.15) is 34.3 Å². The maximum Gasteiger partial charge on any atom is 0.260 e. The van der Waals surface area contributed by atoms with Crippen molar-refractivity contribution < 1.29 is 4.79 Å². The molecule has 0 spiro atoms. The summed E-state index contributed by atoms with van der Waals surface area (Å²) in [5, 5.41) is 13.8. The Morgan fingerprint density at radius 2 is 2.03 bits per heavy atom. The van der Waals surface area contributed by atoms with Crippen molar-refractivity contribution >= 4 is 22.5 Å². The molecule has 1 aliphatic heterocycles. The van der Waals surface area contributed by atoms with E-state index in [9.17, 15) is 4.79 Å². The number of piperidine rings is 1. The fraction of sp³-hybridized carbons (Fsp3) is 0.308. The highest BCUT2D eigenvalue weighted by atomic mass is 16.2. The van der Waals surface area contributed by atoms with Crippen molar-refractivity contribution in [3.8, 4) is 11.3 Å². The Kier molecular flexibility index (Phi) is 5.64. The van der Waals surface area contributed by atoms with E-state index < -0.39 is 0 Å². The van der Waals surface area contributed by atoms with Gasteiger partial charge in [-0.15, -0.1) is 5.10 Å². The van der Waals surface area contributed by atoms with E-state index in [-0.39, 0.29) is 11.9 Å². The van der Waals surface area contributed by atoms with Gasteiger partial charge in [-0.3, -0.25) is 14.4 Å². The van der Waals surface area contributed by atoms with E-state index in [1.54, 1.807) is 10.9 Å². The van der Waals surface area contributed by atoms with Gasteiger partial charge in [0.15, 0.2) is 0 Å². The molecule has 5 rings (SSSR count). The van der Waals surface area contributed by atoms with Gasteiger partial charge in [-0.2, -0.15) is 0 Å². The number of fused-ring (bicyclic) bond motifs is 1. The monoisotopic (exact) mass is 440 g/mol. The average molecular weight is 441 g/mol. The molecule has 1 unspecified atom stereocenters. The third-order valence-corrected chi connectivity index (χ3v) is 6.42. The van der Waals surface area contributed by atoms with Crippen LogP contribution in [0.25, 0.3) is 22.0 Å². The number of carbonyl (C=O) groups excluding carboxylic acids is 1. The smallest absolute Gasteiger partial charge is 0.260 e. The molecule has 1 N–H and O–H groups in total. The van der Waals surface area contributed by atoms with Crippen LogP contribution in [-0.2, 0) is 7.05 Å². The number of hydrogen-bond donors (Lipinski definition) is 1. The molecule has 1 amide bonds. The van der Waals surface area contributed by atoms with Crippen LogP contribution in [0, 0.1) is 13.8 Å². The number of benzene rings is 2. The second kappa shape index (κ2) is 8.75. The molecule has 1 atom stereocenters. The third-order valence-electron chi connectivity index (χ3n) is 6.42. The molecule has 0 saturated carbocycles. The van der Waals surface area contributed by atoms with E-state index >= 15 is 0 Å². The van der Waals surface area contributed by atoms with Gasteiger partial charge in [0.2, 0.25) is 0 Å². The maximum absolute atomic E-state index is 14.1. The molecule has 0 aliphatic carbocycles. The molecule has 1 saturated heterocycles. The van der Waals surface area contributed by atoms with Crippen LogP contribution in [0.5, 0.6) is 0 Å². The van der Waals surface area contributed by atoms with Crippen LogP contribution >= 0.6 is 0 Å². The van der Waals surface area contributed by atoms with Gasteiger partial charge >= 0.3 is 0 Å². The number of hydrogen-bond acceptors (Lipinski definition) is 5. The molecule has 1 fully saturated rings. The third kappa shape index (κ3) is 4.00. The van der Waals surface area contributed by atoms with E-state index in [0.717, 1.165) is 64.9 Å². The molecule has 168 valence electrons. The van der Waals surface area contributed by atoms with Gasteiger partial charge in [0.05, 0.1) is 12.2 Å². The fourth-order valence-corrected chi connectivity index (χ4v) is 4.73. The van der Waals surface area contributed by atoms with Crippen LogP contribution in [0.3, 0.4) is 0 Å². The Morgan fingerprint density at radius 1 is 1.15 bits per heavy atom. The summed E-state index contributed by atoms with van der Waals surface area (Å²) in [6.45, 7) is 5.79. The van der Waals surface area contributed by atoms with Crippen LogP contribution in [0.2, 0.25) is 0 Å². The van der Waals surface area contributed by atoms with Gasteiger partial charge in [-0.1, -0.05) is 29.5 Å². The van der Waals surface area contributed by atoms with Crippen LogP contribution in [0.4, 0.5) is 5.82 Å². The molecule has 33 heavy (non-hydrogen) atoms. The number of aryl methyl sites for hydroxylation is 3. The minimum absolute atomic E-state index is 0.0184. The predicted octanol–water partition coefficient (Wildman–Crippen LogP) is 4.05. The topological polar surface area (TPSA) is 75.9 Å². The largest absolute Gasteiger partial charge is 0.315 e. The lowest BCUT2D eigenvalue weighted by molar-refractivity contribution is 0.0971. The van der Waals surface area contributed by atoms with Gasteiger partial charge in [0.1, 0.15) is 11.5 Å². The van der Waals surface area contributed by atoms with Crippen LogP contribution < -0.4 is 10.2 Å². The summed E-state index contributed by atoms with van der Waals surface area (Å²) in [4.78, 5) is 20.8. The lowest BCUT2D eigenvalue weighted by Gasteiger charge is -2.35. The van der Waals surface area contributed by atoms with Crippen molar-refractivity contribution in [1.29, 1.82) is 0 Å². The molecule has 0 bridgehead atoms. The first-order chi connectivity index (χ1) is 16.0. The van der Waals surface area contributed by atoms with Gasteiger partial charge in [0, 0.05) is 36.3 Å². The number of aromatic nitrogens is 4. The molecular weight excluding hydrogens is 412 g/mol. The molecule has 4 aromatic rings. The van der Waals surface area contributed by atoms with Gasteiger partial charge in [-0.05, 0) is 67.9 Å². The van der Waals surface area contributed by atoms with Crippen molar-refractivity contribution in [2.45, 2.75) is 32.7 Å². The van der Waals surface area contributed by atoms with Crippen molar-refractivity contribution in [2.24, 2.45) is 7.05 Å². The molecule has 3 heterocycles. The molecule has 7 heteroatoms. The Hall–Kier alpha value is -3.58. The van der Waals surface area contributed by atoms with E-state index in [1.165, 1.54) is 0 Å². The first-order valence-electron chi connectivity index (χ1n) is 11.4. The summed E-state index contributed by atoms with van der Waals surface area (Å²) in [6, 6.07) is 14.1. The predicted molar refractivity (Wildman–Crippen MR) is 130 cm³/mol. The number of amides is 1. The number of nitrogens with one attached hydrogen (secondary N) is 1. The zero-order valence-corrected chi connectivity index (χ0v) is 19.2. The second-order valence-electron chi connectivity index (χ2n) is 8.79. The summed E-state index contributed by atoms with van der Waals surface area (Å²) in [6.07, 6.45) is 5.65. The van der Waals surface area contributed by atoms with Gasteiger partial charge in [-0.25, -0.2) is 4.98 Å². The van der Waals surface area contributed by atoms with Gasteiger partial charge < -0.3 is 5.32 Å². The van der Waals surface area contributed by atoms with E-state index in [0.29, 0.717) is 5.56 Å². The quantitative estimate of drug-likeness (QED) is 0.518. The molecule has 2 aromatic heterocycles. The van der Waals surface area contributed by atoms with E-state index in [1.807, 2.05) is 55.4 Å². The summed E-state index contributed by atoms with van der Waals surface area (Å²) in [5.74, 6) is 0.719. The molecule has 0 radical (unpaired) electrons. The SMILES string of the molecule is Cc1cc(-c2cn(C)nn2)ccc1C(=O)N(c1nccc2cccc(C)c12)C1CCCNC1. The minimum Gasteiger partial charge on any atom is -0.315 e. The number of nitrogens with zero attached hydrogens (tertiary/aromatic N) is 5. The zero-order valence-electron chi connectivity index (χ0n) is 19.2. The summed E-state index contributed by atoms with van der Waals surface area (Å²) in [5.41, 5.74) is 4.45. The lowest BCUT2D eigenvalue weighted by Crippen LogP contribution is -2.49. The number of anilines is 1. The van der Waals surface area contributed by atoms with Gasteiger partial charge in [0.25, 0.3) is 5.91 Å². The zero-order chi connectivity index (χ0) is 22.9. The summed E-state index contributed by atoms with van der Waals surface area (Å²) < 4.78 is 1.68. The average Bonchev–Trinajstić information content (AvgIpc) is 3.26. The Morgan fingerprint density at radius 3 is 2.76 bits per heavy atom. The highest BCUT2D eigenvalue weighted by molar-refractivity contribution is 6.11. The molecule has 2 aromatic carbocycles. The minimum atomic E-state index is -0.0184. The first-order valence-corrected chi connectivity index (χ1v) is 11.4. The molecule has 1 aliphatic rings. The highest BCUT2D eigenvalue weighted by Crippen LogP contribution is 2.32. The standard InChI is InChI=1S/C26H28N6O/c1-17-6-4-7-19-11-13-28-25(24(17)19)32(21-8-5-12-27-15-21)26(33)22-10-9-20(14-18(22)2)23-16-31(3)30-29-23/h4,6-7,9-11,13-14,16,21,27H,5,8,12,15H2,1-3H3. The van der Waals surface area contributed by atoms with Crippen molar-refractivity contribution in [3.05, 3.63) is 71.5 Å². The highest BCUT2D eigenvalue weighted by Gasteiger charge is 2.31. The first kappa shape index (κ1) is 21.3. The van der Waals surface area contributed by atoms with E-state index in [4.69, 9.17) is 4.98 Å². The van der Waals surface area contributed by atoms with Crippen molar-refractivity contribution in [3.63, 3.8) is 0 Å². The second-order valence-corrected chi connectivity index (χ2v) is 8.79. The fourth-order valence-electron chi connectivity index (χ4n) is 4.73.